The zero-order valence-electron chi connectivity index (χ0n) is 19.0. The number of ether oxygens (including phenoxy) is 2. The fraction of sp³-hybridized carbons (Fsp3) is 0.167. The molecule has 2 aromatic carbocycles. The van der Waals surface area contributed by atoms with Crippen molar-refractivity contribution in [1.29, 1.82) is 0 Å². The van der Waals surface area contributed by atoms with E-state index in [-0.39, 0.29) is 17.3 Å². The molecule has 1 amide bonds. The number of anilines is 1. The lowest BCUT2D eigenvalue weighted by atomic mass is 10.1. The van der Waals surface area contributed by atoms with Gasteiger partial charge in [0.25, 0.3) is 11.4 Å². The second kappa shape index (κ2) is 9.94. The van der Waals surface area contributed by atoms with E-state index in [1.54, 1.807) is 18.2 Å². The van der Waals surface area contributed by atoms with Crippen LogP contribution in [0, 0.1) is 0 Å². The predicted molar refractivity (Wildman–Crippen MR) is 123 cm³/mol. The van der Waals surface area contributed by atoms with E-state index in [2.05, 4.69) is 15.5 Å². The topological polar surface area (TPSA) is 108 Å². The molecule has 1 N–H and O–H groups in total. The fourth-order valence-electron chi connectivity index (χ4n) is 3.43. The molecule has 0 aliphatic heterocycles. The number of hydrogen-bond acceptors (Lipinski definition) is 7. The second-order valence-electron chi connectivity index (χ2n) is 7.44. The van der Waals surface area contributed by atoms with Crippen LogP contribution in [0.5, 0.6) is 11.5 Å². The molecule has 4 aromatic rings. The number of nitrogens with one attached hydrogen (secondary N) is 1. The van der Waals surface area contributed by atoms with Crippen molar-refractivity contribution in [1.82, 2.24) is 14.7 Å². The third-order valence-electron chi connectivity index (χ3n) is 5.14. The molecule has 0 bridgehead atoms. The predicted octanol–water partition coefficient (Wildman–Crippen LogP) is 4.24. The molecule has 0 spiro atoms. The monoisotopic (exact) mass is 500 g/mol. The molecule has 0 unspecified atom stereocenters. The third kappa shape index (κ3) is 5.06. The van der Waals surface area contributed by atoms with Crippen LogP contribution in [0.2, 0.25) is 0 Å². The van der Waals surface area contributed by atoms with Crippen LogP contribution in [0.1, 0.15) is 5.56 Å². The van der Waals surface area contributed by atoms with Gasteiger partial charge >= 0.3 is 6.18 Å². The van der Waals surface area contributed by atoms with Gasteiger partial charge in [0.2, 0.25) is 11.7 Å². The maximum absolute atomic E-state index is 13.2. The van der Waals surface area contributed by atoms with E-state index in [1.165, 1.54) is 44.7 Å². The SMILES string of the molecule is COc1ccc(-c2noc(-c3cccn(CC(=O)Nc4ccccc4C(F)(F)F)c3=O)n2)cc1OC. The van der Waals surface area contributed by atoms with Gasteiger partial charge < -0.3 is 23.9 Å². The summed E-state index contributed by atoms with van der Waals surface area (Å²) in [6, 6.07) is 12.5. The van der Waals surface area contributed by atoms with Crippen molar-refractivity contribution in [2.75, 3.05) is 19.5 Å². The largest absolute Gasteiger partial charge is 0.493 e. The summed E-state index contributed by atoms with van der Waals surface area (Å²) in [7, 11) is 2.98. The van der Waals surface area contributed by atoms with Crippen LogP contribution in [0.25, 0.3) is 22.8 Å². The minimum absolute atomic E-state index is 0.0141. The molecule has 0 radical (unpaired) electrons. The van der Waals surface area contributed by atoms with E-state index in [4.69, 9.17) is 14.0 Å². The van der Waals surface area contributed by atoms with Gasteiger partial charge in [0.15, 0.2) is 11.5 Å². The Labute approximate surface area is 202 Å². The van der Waals surface area contributed by atoms with E-state index < -0.39 is 35.4 Å². The molecule has 0 saturated heterocycles. The smallest absolute Gasteiger partial charge is 0.418 e. The summed E-state index contributed by atoms with van der Waals surface area (Å²) in [5.41, 5.74) is -1.48. The Morgan fingerprint density at radius 2 is 1.81 bits per heavy atom. The lowest BCUT2D eigenvalue weighted by molar-refractivity contribution is -0.137. The molecule has 0 aliphatic rings. The van der Waals surface area contributed by atoms with Gasteiger partial charge in [-0.2, -0.15) is 18.2 Å². The fourth-order valence-corrected chi connectivity index (χ4v) is 3.43. The third-order valence-corrected chi connectivity index (χ3v) is 5.14. The molecule has 2 heterocycles. The highest BCUT2D eigenvalue weighted by molar-refractivity contribution is 5.91. The molecule has 9 nitrogen and oxygen atoms in total. The van der Waals surface area contributed by atoms with Crippen LogP contribution in [0.3, 0.4) is 0 Å². The second-order valence-corrected chi connectivity index (χ2v) is 7.44. The first-order valence-electron chi connectivity index (χ1n) is 10.4. The Morgan fingerprint density at radius 1 is 1.06 bits per heavy atom. The molecule has 4 rings (SSSR count). The highest BCUT2D eigenvalue weighted by Gasteiger charge is 2.33. The van der Waals surface area contributed by atoms with Crippen molar-refractivity contribution < 1.29 is 32.0 Å². The number of aromatic nitrogens is 3. The van der Waals surface area contributed by atoms with Crippen LogP contribution in [0.15, 0.2) is 70.1 Å². The first-order valence-corrected chi connectivity index (χ1v) is 10.4. The number of carbonyl (C=O) groups excluding carboxylic acids is 1. The summed E-state index contributed by atoms with van der Waals surface area (Å²) in [4.78, 5) is 29.7. The first-order chi connectivity index (χ1) is 17.2. The number of carbonyl (C=O) groups is 1. The van der Waals surface area contributed by atoms with E-state index in [9.17, 15) is 22.8 Å². The lowest BCUT2D eigenvalue weighted by Gasteiger charge is -2.14. The number of halogens is 3. The molecule has 0 atom stereocenters. The van der Waals surface area contributed by atoms with E-state index >= 15 is 0 Å². The summed E-state index contributed by atoms with van der Waals surface area (Å²) in [6.07, 6.45) is -3.32. The minimum Gasteiger partial charge on any atom is -0.493 e. The van der Waals surface area contributed by atoms with E-state index in [1.807, 2.05) is 0 Å². The van der Waals surface area contributed by atoms with Gasteiger partial charge in [-0.15, -0.1) is 0 Å². The molecule has 12 heteroatoms. The Kier molecular flexibility index (Phi) is 6.77. The minimum atomic E-state index is -4.65. The van der Waals surface area contributed by atoms with Gasteiger partial charge in [-0.3, -0.25) is 9.59 Å². The highest BCUT2D eigenvalue weighted by atomic mass is 19.4. The number of nitrogens with zero attached hydrogens (tertiary/aromatic N) is 3. The normalized spacial score (nSPS) is 11.2. The van der Waals surface area contributed by atoms with Crippen molar-refractivity contribution in [3.63, 3.8) is 0 Å². The first kappa shape index (κ1) is 24.5. The molecule has 0 aliphatic carbocycles. The maximum Gasteiger partial charge on any atom is 0.418 e. The maximum atomic E-state index is 13.2. The summed E-state index contributed by atoms with van der Waals surface area (Å²) in [5, 5.41) is 6.10. The molecular formula is C24H19F3N4O5. The number of amides is 1. The van der Waals surface area contributed by atoms with Crippen LogP contribution in [-0.2, 0) is 17.5 Å². The number of pyridine rings is 1. The number of para-hydroxylation sites is 1. The van der Waals surface area contributed by atoms with Gasteiger partial charge in [-0.1, -0.05) is 17.3 Å². The van der Waals surface area contributed by atoms with Crippen molar-refractivity contribution in [2.45, 2.75) is 12.7 Å². The Balaban J connectivity index is 1.57. The van der Waals surface area contributed by atoms with Gasteiger partial charge in [-0.25, -0.2) is 0 Å². The zero-order chi connectivity index (χ0) is 25.9. The van der Waals surface area contributed by atoms with Crippen LogP contribution in [-0.4, -0.2) is 34.8 Å². The van der Waals surface area contributed by atoms with Gasteiger partial charge in [0, 0.05) is 11.8 Å². The average Bonchev–Trinajstić information content (AvgIpc) is 3.34. The highest BCUT2D eigenvalue weighted by Crippen LogP contribution is 2.34. The van der Waals surface area contributed by atoms with Crippen LogP contribution >= 0.6 is 0 Å². The summed E-state index contributed by atoms with van der Waals surface area (Å²) in [6.45, 7) is -0.532. The number of benzene rings is 2. The number of hydrogen-bond donors (Lipinski definition) is 1. The van der Waals surface area contributed by atoms with Crippen molar-refractivity contribution in [3.8, 4) is 34.3 Å². The van der Waals surface area contributed by atoms with Gasteiger partial charge in [0.1, 0.15) is 12.1 Å². The Morgan fingerprint density at radius 3 is 2.53 bits per heavy atom. The van der Waals surface area contributed by atoms with E-state index in [0.717, 1.165) is 16.7 Å². The number of rotatable bonds is 7. The molecule has 0 saturated carbocycles. The quantitative estimate of drug-likeness (QED) is 0.404. The Hall–Kier alpha value is -4.61. The zero-order valence-corrected chi connectivity index (χ0v) is 19.0. The molecule has 2 aromatic heterocycles. The summed E-state index contributed by atoms with van der Waals surface area (Å²) in [5.74, 6) is 0.222. The van der Waals surface area contributed by atoms with Gasteiger partial charge in [0.05, 0.1) is 25.5 Å². The van der Waals surface area contributed by atoms with Crippen molar-refractivity contribution in [3.05, 3.63) is 76.7 Å². The average molecular weight is 500 g/mol. The summed E-state index contributed by atoms with van der Waals surface area (Å²) < 4.78 is 56.3. The van der Waals surface area contributed by atoms with Crippen LogP contribution < -0.4 is 20.3 Å². The standard InChI is InChI=1S/C24H19F3N4O5/c1-34-18-10-9-14(12-19(18)35-2)21-29-22(36-30-21)15-6-5-11-31(23(15)33)13-20(32)28-17-8-4-3-7-16(17)24(25,26)27/h3-12H,13H2,1-2H3,(H,28,32). The van der Waals surface area contributed by atoms with Crippen molar-refractivity contribution in [2.24, 2.45) is 0 Å². The van der Waals surface area contributed by atoms with Crippen molar-refractivity contribution >= 4 is 11.6 Å². The van der Waals surface area contributed by atoms with Gasteiger partial charge in [-0.05, 0) is 42.5 Å². The summed E-state index contributed by atoms with van der Waals surface area (Å²) >= 11 is 0. The van der Waals surface area contributed by atoms with E-state index in [0.29, 0.717) is 17.1 Å². The molecule has 0 fully saturated rings. The lowest BCUT2D eigenvalue weighted by Crippen LogP contribution is -2.28. The number of alkyl halides is 3. The molecule has 186 valence electrons. The van der Waals surface area contributed by atoms with Crippen LogP contribution in [0.4, 0.5) is 18.9 Å². The Bertz CT molecular complexity index is 1460. The number of methoxy groups -OCH3 is 2. The molecule has 36 heavy (non-hydrogen) atoms. The molecular weight excluding hydrogens is 481 g/mol.